The average Bonchev–Trinajstić information content (AvgIpc) is 2.62. The topological polar surface area (TPSA) is 72.0 Å². The molecule has 0 amide bonds. The molecule has 0 spiro atoms. The van der Waals surface area contributed by atoms with E-state index in [9.17, 15) is 0 Å². The van der Waals surface area contributed by atoms with Crippen molar-refractivity contribution in [3.8, 4) is 5.75 Å². The van der Waals surface area contributed by atoms with E-state index in [4.69, 9.17) is 4.74 Å². The van der Waals surface area contributed by atoms with E-state index in [-0.39, 0.29) is 6.10 Å². The van der Waals surface area contributed by atoms with E-state index in [1.54, 1.807) is 6.20 Å². The largest absolute Gasteiger partial charge is 0.491 e. The molecule has 6 heteroatoms. The van der Waals surface area contributed by atoms with Gasteiger partial charge in [0.15, 0.2) is 0 Å². The molecule has 25 heavy (non-hydrogen) atoms. The summed E-state index contributed by atoms with van der Waals surface area (Å²) in [6, 6.07) is 15.5. The third-order valence-corrected chi connectivity index (χ3v) is 3.34. The molecule has 0 aliphatic rings. The van der Waals surface area contributed by atoms with Crippen LogP contribution in [-0.4, -0.2) is 21.1 Å². The quantitative estimate of drug-likeness (QED) is 0.679. The van der Waals surface area contributed by atoms with Crippen molar-refractivity contribution in [1.29, 1.82) is 0 Å². The molecule has 0 bridgehead atoms. The van der Waals surface area contributed by atoms with Gasteiger partial charge in [-0.25, -0.2) is 9.97 Å². The van der Waals surface area contributed by atoms with Gasteiger partial charge in [-0.15, -0.1) is 0 Å². The Morgan fingerprint density at radius 2 is 1.76 bits per heavy atom. The molecule has 128 valence electrons. The Hall–Kier alpha value is -3.15. The zero-order valence-electron chi connectivity index (χ0n) is 14.3. The van der Waals surface area contributed by atoms with Gasteiger partial charge in [0.25, 0.3) is 0 Å². The number of ether oxygens (including phenoxy) is 1. The van der Waals surface area contributed by atoms with Crippen molar-refractivity contribution >= 4 is 17.3 Å². The third kappa shape index (κ3) is 5.17. The number of hydrogen-bond acceptors (Lipinski definition) is 6. The van der Waals surface area contributed by atoms with E-state index in [1.165, 1.54) is 6.33 Å². The summed E-state index contributed by atoms with van der Waals surface area (Å²) < 4.78 is 5.64. The molecule has 2 N–H and O–H groups in total. The lowest BCUT2D eigenvalue weighted by Gasteiger charge is -2.11. The molecule has 0 saturated carbocycles. The Bertz CT molecular complexity index is 790. The number of hydrogen-bond donors (Lipinski definition) is 2. The van der Waals surface area contributed by atoms with Crippen LogP contribution in [0.15, 0.2) is 61.1 Å². The van der Waals surface area contributed by atoms with Gasteiger partial charge in [-0.3, -0.25) is 4.98 Å². The van der Waals surface area contributed by atoms with Gasteiger partial charge in [0, 0.05) is 18.0 Å². The zero-order valence-corrected chi connectivity index (χ0v) is 14.3. The van der Waals surface area contributed by atoms with Gasteiger partial charge >= 0.3 is 0 Å². The molecule has 3 aromatic rings. The molecule has 0 aliphatic carbocycles. The van der Waals surface area contributed by atoms with Gasteiger partial charge in [-0.2, -0.15) is 0 Å². The van der Waals surface area contributed by atoms with Crippen LogP contribution in [0.4, 0.5) is 17.3 Å². The summed E-state index contributed by atoms with van der Waals surface area (Å²) in [6.07, 6.45) is 3.46. The van der Waals surface area contributed by atoms with E-state index in [0.29, 0.717) is 6.54 Å². The van der Waals surface area contributed by atoms with Crippen LogP contribution in [0.3, 0.4) is 0 Å². The van der Waals surface area contributed by atoms with E-state index in [2.05, 4.69) is 25.6 Å². The van der Waals surface area contributed by atoms with E-state index in [0.717, 1.165) is 28.8 Å². The van der Waals surface area contributed by atoms with Crippen LogP contribution in [0, 0.1) is 0 Å². The standard InChI is InChI=1S/C19H21N5O/c1-14(2)25-17-8-6-15(7-9-17)24-19-11-18(22-13-23-19)21-12-16-5-3-4-10-20-16/h3-11,13-14H,12H2,1-2H3,(H2,21,22,23,24). The lowest BCUT2D eigenvalue weighted by molar-refractivity contribution is 0.242. The molecular formula is C19H21N5O. The predicted octanol–water partition coefficient (Wildman–Crippen LogP) is 4.01. The Morgan fingerprint density at radius 1 is 0.960 bits per heavy atom. The van der Waals surface area contributed by atoms with E-state index < -0.39 is 0 Å². The van der Waals surface area contributed by atoms with Crippen LogP contribution in [0.1, 0.15) is 19.5 Å². The molecule has 1 aromatic carbocycles. The summed E-state index contributed by atoms with van der Waals surface area (Å²) in [6.45, 7) is 4.62. The summed E-state index contributed by atoms with van der Waals surface area (Å²) >= 11 is 0. The highest BCUT2D eigenvalue weighted by Crippen LogP contribution is 2.20. The maximum atomic E-state index is 5.64. The number of anilines is 3. The smallest absolute Gasteiger partial charge is 0.135 e. The number of nitrogens with zero attached hydrogens (tertiary/aromatic N) is 3. The lowest BCUT2D eigenvalue weighted by Crippen LogP contribution is -2.05. The minimum Gasteiger partial charge on any atom is -0.491 e. The number of aromatic nitrogens is 3. The monoisotopic (exact) mass is 335 g/mol. The van der Waals surface area contributed by atoms with Crippen LogP contribution in [0.2, 0.25) is 0 Å². The van der Waals surface area contributed by atoms with Crippen molar-refractivity contribution in [3.63, 3.8) is 0 Å². The third-order valence-electron chi connectivity index (χ3n) is 3.34. The van der Waals surface area contributed by atoms with Gasteiger partial charge in [0.2, 0.25) is 0 Å². The first-order valence-electron chi connectivity index (χ1n) is 8.18. The second kappa shape index (κ2) is 8.10. The SMILES string of the molecule is CC(C)Oc1ccc(Nc2cc(NCc3ccccn3)ncn2)cc1. The molecule has 3 rings (SSSR count). The van der Waals surface area contributed by atoms with Gasteiger partial charge in [0.1, 0.15) is 23.7 Å². The molecule has 0 atom stereocenters. The number of benzene rings is 1. The minimum atomic E-state index is 0.161. The summed E-state index contributed by atoms with van der Waals surface area (Å²) in [5, 5.41) is 6.50. The van der Waals surface area contributed by atoms with Crippen LogP contribution < -0.4 is 15.4 Å². The molecule has 0 saturated heterocycles. The van der Waals surface area contributed by atoms with Gasteiger partial charge in [0.05, 0.1) is 18.3 Å². The summed E-state index contributed by atoms with van der Waals surface area (Å²) in [4.78, 5) is 12.8. The highest BCUT2D eigenvalue weighted by atomic mass is 16.5. The fourth-order valence-corrected chi connectivity index (χ4v) is 2.24. The van der Waals surface area contributed by atoms with Crippen LogP contribution >= 0.6 is 0 Å². The molecular weight excluding hydrogens is 314 g/mol. The summed E-state index contributed by atoms with van der Waals surface area (Å²) in [5.74, 6) is 2.31. The van der Waals surface area contributed by atoms with Crippen molar-refractivity contribution in [2.75, 3.05) is 10.6 Å². The molecule has 0 radical (unpaired) electrons. The maximum Gasteiger partial charge on any atom is 0.135 e. The summed E-state index contributed by atoms with van der Waals surface area (Å²) in [5.41, 5.74) is 1.89. The van der Waals surface area contributed by atoms with Crippen LogP contribution in [0.25, 0.3) is 0 Å². The zero-order chi connectivity index (χ0) is 17.5. The second-order valence-corrected chi connectivity index (χ2v) is 5.78. The molecule has 2 heterocycles. The lowest BCUT2D eigenvalue weighted by atomic mass is 10.3. The minimum absolute atomic E-state index is 0.161. The predicted molar refractivity (Wildman–Crippen MR) is 99.1 cm³/mol. The van der Waals surface area contributed by atoms with Gasteiger partial charge < -0.3 is 15.4 Å². The van der Waals surface area contributed by atoms with Crippen molar-refractivity contribution in [2.45, 2.75) is 26.5 Å². The maximum absolute atomic E-state index is 5.64. The van der Waals surface area contributed by atoms with Crippen LogP contribution in [0.5, 0.6) is 5.75 Å². The first-order valence-corrected chi connectivity index (χ1v) is 8.18. The summed E-state index contributed by atoms with van der Waals surface area (Å²) in [7, 11) is 0. The molecule has 0 unspecified atom stereocenters. The van der Waals surface area contributed by atoms with E-state index >= 15 is 0 Å². The number of nitrogens with one attached hydrogen (secondary N) is 2. The van der Waals surface area contributed by atoms with Crippen LogP contribution in [-0.2, 0) is 6.54 Å². The highest BCUT2D eigenvalue weighted by molar-refractivity contribution is 5.59. The average molecular weight is 335 g/mol. The second-order valence-electron chi connectivity index (χ2n) is 5.78. The highest BCUT2D eigenvalue weighted by Gasteiger charge is 2.02. The van der Waals surface area contributed by atoms with Gasteiger partial charge in [-0.1, -0.05) is 6.07 Å². The Morgan fingerprint density at radius 3 is 2.48 bits per heavy atom. The number of rotatable bonds is 7. The Balaban J connectivity index is 1.61. The molecule has 6 nitrogen and oxygen atoms in total. The molecule has 0 fully saturated rings. The molecule has 0 aliphatic heterocycles. The van der Waals surface area contributed by atoms with E-state index in [1.807, 2.05) is 62.4 Å². The van der Waals surface area contributed by atoms with Crippen molar-refractivity contribution in [1.82, 2.24) is 15.0 Å². The fourth-order valence-electron chi connectivity index (χ4n) is 2.24. The Labute approximate surface area is 147 Å². The van der Waals surface area contributed by atoms with Crippen molar-refractivity contribution in [3.05, 3.63) is 66.7 Å². The van der Waals surface area contributed by atoms with Gasteiger partial charge in [-0.05, 0) is 50.2 Å². The molecule has 2 aromatic heterocycles. The first-order chi connectivity index (χ1) is 12.2. The van der Waals surface area contributed by atoms with Crippen molar-refractivity contribution < 1.29 is 4.74 Å². The number of pyridine rings is 1. The van der Waals surface area contributed by atoms with Crippen molar-refractivity contribution in [2.24, 2.45) is 0 Å². The Kier molecular flexibility index (Phi) is 5.41. The fraction of sp³-hybridized carbons (Fsp3) is 0.211. The first kappa shape index (κ1) is 16.7. The normalized spacial score (nSPS) is 10.5.